The maximum Gasteiger partial charge on any atom is 0.417 e. The average molecular weight is 864 g/mol. The summed E-state index contributed by atoms with van der Waals surface area (Å²) in [7, 11) is 1.68. The lowest BCUT2D eigenvalue weighted by atomic mass is 9.96. The molecule has 3 atom stereocenters. The summed E-state index contributed by atoms with van der Waals surface area (Å²) >= 11 is 0. The van der Waals surface area contributed by atoms with Gasteiger partial charge in [-0.3, -0.25) is 14.5 Å². The number of likely N-dealkylation sites (N-methyl/N-ethyl adjacent to an activating group) is 1. The molecular formula is C41H37F12N3O4. The SMILES string of the molecule is CC(CO)N1C[C@@H](C)[C@@H](CN(C)Cc2ccc(-c3ccc(C(F)(F)F)cc3C(F)(F)F)cc2)Oc2c(NC(=O)Cc3ccc(C(F)(F)F)cc3C(F)(F)F)cccc2C1=O. The molecule has 19 heteroatoms. The first-order valence-electron chi connectivity index (χ1n) is 18.1. The molecule has 2 N–H and O–H groups in total. The molecule has 0 spiro atoms. The number of carbonyl (C=O) groups is 2. The van der Waals surface area contributed by atoms with Gasteiger partial charge in [-0.1, -0.05) is 49.4 Å². The van der Waals surface area contributed by atoms with Gasteiger partial charge in [-0.05, 0) is 72.6 Å². The zero-order valence-electron chi connectivity index (χ0n) is 31.9. The van der Waals surface area contributed by atoms with E-state index < -0.39 is 101 Å². The lowest BCUT2D eigenvalue weighted by Gasteiger charge is -2.38. The van der Waals surface area contributed by atoms with Crippen LogP contribution in [0.2, 0.25) is 0 Å². The molecule has 7 nitrogen and oxygen atoms in total. The molecule has 324 valence electrons. The van der Waals surface area contributed by atoms with Gasteiger partial charge in [0.25, 0.3) is 5.91 Å². The van der Waals surface area contributed by atoms with Crippen LogP contribution in [0.3, 0.4) is 0 Å². The van der Waals surface area contributed by atoms with Gasteiger partial charge in [0.1, 0.15) is 6.10 Å². The van der Waals surface area contributed by atoms with E-state index in [1.165, 1.54) is 47.4 Å². The van der Waals surface area contributed by atoms with Crippen molar-refractivity contribution in [2.75, 3.05) is 32.1 Å². The molecule has 2 amide bonds. The number of halogens is 12. The quantitative estimate of drug-likeness (QED) is 0.155. The summed E-state index contributed by atoms with van der Waals surface area (Å²) < 4.78 is 169. The summed E-state index contributed by atoms with van der Waals surface area (Å²) in [4.78, 5) is 30.3. The van der Waals surface area contributed by atoms with Crippen LogP contribution in [0.5, 0.6) is 5.75 Å². The van der Waals surface area contributed by atoms with E-state index in [1.807, 2.05) is 0 Å². The van der Waals surface area contributed by atoms with E-state index in [2.05, 4.69) is 5.32 Å². The number of aliphatic hydroxyl groups excluding tert-OH is 1. The monoisotopic (exact) mass is 863 g/mol. The molecule has 4 aromatic rings. The molecule has 0 fully saturated rings. The Morgan fingerprint density at radius 2 is 1.40 bits per heavy atom. The Labute approximate surface area is 335 Å². The van der Waals surface area contributed by atoms with Crippen LogP contribution in [-0.4, -0.2) is 65.6 Å². The Balaban J connectivity index is 1.40. The molecule has 0 radical (unpaired) electrons. The second kappa shape index (κ2) is 17.4. The normalized spacial score (nSPS) is 17.1. The van der Waals surface area contributed by atoms with Crippen molar-refractivity contribution in [3.05, 3.63) is 118 Å². The van der Waals surface area contributed by atoms with E-state index in [1.54, 1.807) is 25.8 Å². The number of aliphatic hydroxyl groups is 1. The third-order valence-corrected chi connectivity index (χ3v) is 9.92. The fourth-order valence-corrected chi connectivity index (χ4v) is 6.78. The van der Waals surface area contributed by atoms with Crippen LogP contribution in [0.15, 0.2) is 78.9 Å². The van der Waals surface area contributed by atoms with Crippen LogP contribution in [0.4, 0.5) is 58.4 Å². The van der Waals surface area contributed by atoms with Gasteiger partial charge >= 0.3 is 24.7 Å². The van der Waals surface area contributed by atoms with Crippen LogP contribution in [-0.2, 0) is 42.5 Å². The first kappa shape index (κ1) is 45.8. The first-order valence-corrected chi connectivity index (χ1v) is 18.1. The Bertz CT molecular complexity index is 2180. The number of anilines is 1. The van der Waals surface area contributed by atoms with Crippen molar-refractivity contribution >= 4 is 17.5 Å². The summed E-state index contributed by atoms with van der Waals surface area (Å²) in [6.45, 7) is 3.26. The molecular weight excluding hydrogens is 826 g/mol. The van der Waals surface area contributed by atoms with E-state index in [4.69, 9.17) is 4.74 Å². The minimum atomic E-state index is -5.23. The number of amides is 2. The highest BCUT2D eigenvalue weighted by Crippen LogP contribution is 2.42. The van der Waals surface area contributed by atoms with Crippen LogP contribution in [0.25, 0.3) is 11.1 Å². The Morgan fingerprint density at radius 3 is 1.97 bits per heavy atom. The fraction of sp³-hybridized carbons (Fsp3) is 0.366. The number of benzene rings is 4. The number of fused-ring (bicyclic) bond motifs is 1. The number of rotatable bonds is 10. The first-order chi connectivity index (χ1) is 27.8. The van der Waals surface area contributed by atoms with E-state index in [0.29, 0.717) is 23.8 Å². The number of hydrogen-bond donors (Lipinski definition) is 2. The van der Waals surface area contributed by atoms with Gasteiger partial charge < -0.3 is 20.1 Å². The van der Waals surface area contributed by atoms with Crippen molar-refractivity contribution in [1.29, 1.82) is 0 Å². The Kier molecular flexibility index (Phi) is 13.2. The number of hydrogen-bond acceptors (Lipinski definition) is 5. The predicted octanol–water partition coefficient (Wildman–Crippen LogP) is 9.96. The van der Waals surface area contributed by atoms with Crippen LogP contribution in [0.1, 0.15) is 57.6 Å². The lowest BCUT2D eigenvalue weighted by Crippen LogP contribution is -2.49. The highest BCUT2D eigenvalue weighted by molar-refractivity contribution is 6.02. The lowest BCUT2D eigenvalue weighted by molar-refractivity contribution is -0.144. The third-order valence-electron chi connectivity index (χ3n) is 9.92. The molecule has 0 aromatic heterocycles. The maximum atomic E-state index is 13.9. The number of para-hydroxylation sites is 1. The minimum Gasteiger partial charge on any atom is -0.486 e. The number of nitrogens with one attached hydrogen (secondary N) is 1. The number of carbonyl (C=O) groups excluding carboxylic acids is 2. The zero-order valence-corrected chi connectivity index (χ0v) is 31.9. The average Bonchev–Trinajstić information content (AvgIpc) is 3.14. The standard InChI is InChI=1S/C41H37F12N3O4/c1-22-18-56(23(2)21-57)37(59)30-5-4-6-33(54-35(58)15-26-11-12-27(38(42,43)44)16-31(26)40(48,49)50)36(30)60-34(22)20-55(3)19-24-7-9-25(10-8-24)29-14-13-28(39(45,46)47)17-32(29)41(51,52)53/h4-14,16-17,22-23,34,57H,15,18-21H2,1-3H3,(H,54,58)/t22-,23?,34-/m1/s1. The fourth-order valence-electron chi connectivity index (χ4n) is 6.78. The van der Waals surface area contributed by atoms with Crippen molar-refractivity contribution < 1.29 is 72.1 Å². The van der Waals surface area contributed by atoms with Crippen molar-refractivity contribution in [2.45, 2.75) is 63.7 Å². The smallest absolute Gasteiger partial charge is 0.417 e. The van der Waals surface area contributed by atoms with Crippen molar-refractivity contribution in [2.24, 2.45) is 5.92 Å². The van der Waals surface area contributed by atoms with Gasteiger partial charge in [0.15, 0.2) is 5.75 Å². The van der Waals surface area contributed by atoms with Crippen molar-refractivity contribution in [1.82, 2.24) is 9.80 Å². The highest BCUT2D eigenvalue weighted by atomic mass is 19.4. The van der Waals surface area contributed by atoms with Gasteiger partial charge in [0.2, 0.25) is 5.91 Å². The second-order valence-electron chi connectivity index (χ2n) is 14.5. The maximum absolute atomic E-state index is 13.9. The summed E-state index contributed by atoms with van der Waals surface area (Å²) in [5, 5.41) is 12.4. The molecule has 4 aromatic carbocycles. The second-order valence-corrected chi connectivity index (χ2v) is 14.5. The largest absolute Gasteiger partial charge is 0.486 e. The van der Waals surface area contributed by atoms with Crippen LogP contribution in [0, 0.1) is 5.92 Å². The Morgan fingerprint density at radius 1 is 0.817 bits per heavy atom. The van der Waals surface area contributed by atoms with Gasteiger partial charge in [-0.25, -0.2) is 0 Å². The third kappa shape index (κ3) is 10.7. The molecule has 1 aliphatic heterocycles. The van der Waals surface area contributed by atoms with E-state index >= 15 is 0 Å². The van der Waals surface area contributed by atoms with Crippen LogP contribution < -0.4 is 10.1 Å². The van der Waals surface area contributed by atoms with Gasteiger partial charge in [0, 0.05) is 25.6 Å². The van der Waals surface area contributed by atoms with Gasteiger partial charge in [-0.2, -0.15) is 52.7 Å². The van der Waals surface area contributed by atoms with E-state index in [9.17, 15) is 67.4 Å². The summed E-state index contributed by atoms with van der Waals surface area (Å²) in [6.07, 6.45) is -22.2. The molecule has 0 aliphatic carbocycles. The minimum absolute atomic E-state index is 0.0151. The number of alkyl halides is 12. The topological polar surface area (TPSA) is 82.1 Å². The van der Waals surface area contributed by atoms with E-state index in [-0.39, 0.29) is 54.3 Å². The predicted molar refractivity (Wildman–Crippen MR) is 195 cm³/mol. The molecule has 0 bridgehead atoms. The molecule has 60 heavy (non-hydrogen) atoms. The van der Waals surface area contributed by atoms with Crippen molar-refractivity contribution in [3.63, 3.8) is 0 Å². The summed E-state index contributed by atoms with van der Waals surface area (Å²) in [6, 6.07) is 11.3. The zero-order chi connectivity index (χ0) is 44.5. The van der Waals surface area contributed by atoms with Gasteiger partial charge in [0.05, 0.1) is 52.6 Å². The number of ether oxygens (including phenoxy) is 1. The molecule has 1 unspecified atom stereocenters. The molecule has 1 aliphatic rings. The highest BCUT2D eigenvalue weighted by Gasteiger charge is 2.40. The summed E-state index contributed by atoms with van der Waals surface area (Å²) in [5.41, 5.74) is -6.93. The molecule has 1 heterocycles. The van der Waals surface area contributed by atoms with Gasteiger partial charge in [-0.15, -0.1) is 0 Å². The molecule has 0 saturated carbocycles. The van der Waals surface area contributed by atoms with Crippen molar-refractivity contribution in [3.8, 4) is 16.9 Å². The molecule has 0 saturated heterocycles. The Hall–Kier alpha value is -5.30. The number of nitrogens with zero attached hydrogens (tertiary/aromatic N) is 2. The molecule has 5 rings (SSSR count). The van der Waals surface area contributed by atoms with E-state index in [0.717, 1.165) is 6.07 Å². The van der Waals surface area contributed by atoms with Crippen LogP contribution >= 0.6 is 0 Å². The summed E-state index contributed by atoms with van der Waals surface area (Å²) in [5.74, 6) is -2.33.